The summed E-state index contributed by atoms with van der Waals surface area (Å²) in [6, 6.07) is 9.36. The zero-order valence-electron chi connectivity index (χ0n) is 12.8. The minimum atomic E-state index is -0.162. The minimum Gasteiger partial charge on any atom is -0.497 e. The van der Waals surface area contributed by atoms with Gasteiger partial charge in [0.05, 0.1) is 7.11 Å². The minimum absolute atomic E-state index is 0.129. The van der Waals surface area contributed by atoms with E-state index in [0.717, 1.165) is 24.3 Å². The molecule has 1 aliphatic carbocycles. The number of methoxy groups -OCH3 is 1. The Hall–Kier alpha value is -2.43. The van der Waals surface area contributed by atoms with Crippen molar-refractivity contribution in [3.63, 3.8) is 0 Å². The standard InChI is InChI=1S/C17H19N3O2/c1-12(13-4-5-13)20(14-6-8-15(22-2)9-7-14)17(21)16-18-10-3-11-19-16/h3,6-13H,4-5H2,1-2H3. The van der Waals surface area contributed by atoms with Gasteiger partial charge in [-0.25, -0.2) is 9.97 Å². The molecule has 1 saturated carbocycles. The summed E-state index contributed by atoms with van der Waals surface area (Å²) in [7, 11) is 1.63. The molecule has 5 nitrogen and oxygen atoms in total. The lowest BCUT2D eigenvalue weighted by Crippen LogP contribution is -2.41. The molecule has 0 radical (unpaired) electrons. The topological polar surface area (TPSA) is 55.3 Å². The number of ether oxygens (including phenoxy) is 1. The van der Waals surface area contributed by atoms with Gasteiger partial charge in [-0.15, -0.1) is 0 Å². The molecule has 1 aromatic carbocycles. The molecule has 1 amide bonds. The lowest BCUT2D eigenvalue weighted by molar-refractivity contribution is 0.0965. The van der Waals surface area contributed by atoms with Crippen molar-refractivity contribution in [1.29, 1.82) is 0 Å². The molecule has 114 valence electrons. The van der Waals surface area contributed by atoms with Crippen LogP contribution >= 0.6 is 0 Å². The van der Waals surface area contributed by atoms with Crippen LogP contribution in [0.2, 0.25) is 0 Å². The second kappa shape index (κ2) is 6.13. The number of aromatic nitrogens is 2. The number of hydrogen-bond acceptors (Lipinski definition) is 4. The van der Waals surface area contributed by atoms with Gasteiger partial charge in [0.25, 0.3) is 5.91 Å². The SMILES string of the molecule is COc1ccc(N(C(=O)c2ncccn2)C(C)C2CC2)cc1. The van der Waals surface area contributed by atoms with E-state index in [2.05, 4.69) is 16.9 Å². The number of carbonyl (C=O) groups is 1. The van der Waals surface area contributed by atoms with Gasteiger partial charge in [0.2, 0.25) is 5.82 Å². The summed E-state index contributed by atoms with van der Waals surface area (Å²) in [4.78, 5) is 22.8. The molecule has 0 N–H and O–H groups in total. The summed E-state index contributed by atoms with van der Waals surface area (Å²) < 4.78 is 5.19. The number of benzene rings is 1. The van der Waals surface area contributed by atoms with E-state index in [1.54, 1.807) is 30.5 Å². The fourth-order valence-corrected chi connectivity index (χ4v) is 2.59. The molecule has 1 atom stereocenters. The Balaban J connectivity index is 1.94. The van der Waals surface area contributed by atoms with Crippen molar-refractivity contribution < 1.29 is 9.53 Å². The Bertz CT molecular complexity index is 639. The van der Waals surface area contributed by atoms with Crippen molar-refractivity contribution in [1.82, 2.24) is 9.97 Å². The number of amides is 1. The average Bonchev–Trinajstić information content (AvgIpc) is 3.41. The number of rotatable bonds is 5. The first-order chi connectivity index (χ1) is 10.7. The van der Waals surface area contributed by atoms with Crippen molar-refractivity contribution in [3.05, 3.63) is 48.5 Å². The maximum absolute atomic E-state index is 12.8. The van der Waals surface area contributed by atoms with Gasteiger partial charge in [0.1, 0.15) is 5.75 Å². The number of nitrogens with zero attached hydrogens (tertiary/aromatic N) is 3. The van der Waals surface area contributed by atoms with Crippen LogP contribution in [0.4, 0.5) is 5.69 Å². The van der Waals surface area contributed by atoms with Crippen LogP contribution in [0, 0.1) is 5.92 Å². The van der Waals surface area contributed by atoms with E-state index in [1.807, 2.05) is 24.3 Å². The number of anilines is 1. The van der Waals surface area contributed by atoms with Crippen LogP contribution < -0.4 is 9.64 Å². The molecule has 1 aliphatic rings. The van der Waals surface area contributed by atoms with Crippen molar-refractivity contribution in [2.75, 3.05) is 12.0 Å². The highest BCUT2D eigenvalue weighted by atomic mass is 16.5. The summed E-state index contributed by atoms with van der Waals surface area (Å²) in [5.41, 5.74) is 0.845. The second-order valence-electron chi connectivity index (χ2n) is 5.52. The van der Waals surface area contributed by atoms with Gasteiger partial charge in [-0.3, -0.25) is 4.79 Å². The first-order valence-corrected chi connectivity index (χ1v) is 7.45. The molecule has 1 fully saturated rings. The molecule has 0 saturated heterocycles. The Labute approximate surface area is 130 Å². The highest BCUT2D eigenvalue weighted by molar-refractivity contribution is 6.04. The molecule has 0 aliphatic heterocycles. The van der Waals surface area contributed by atoms with Gasteiger partial charge in [-0.2, -0.15) is 0 Å². The first-order valence-electron chi connectivity index (χ1n) is 7.45. The summed E-state index contributed by atoms with van der Waals surface area (Å²) in [6.07, 6.45) is 5.51. The maximum Gasteiger partial charge on any atom is 0.296 e. The molecule has 22 heavy (non-hydrogen) atoms. The van der Waals surface area contributed by atoms with E-state index >= 15 is 0 Å². The van der Waals surface area contributed by atoms with E-state index in [9.17, 15) is 4.79 Å². The third-order valence-electron chi connectivity index (χ3n) is 4.04. The first kappa shape index (κ1) is 14.5. The molecular weight excluding hydrogens is 278 g/mol. The van der Waals surface area contributed by atoms with Gasteiger partial charge < -0.3 is 9.64 Å². The zero-order valence-corrected chi connectivity index (χ0v) is 12.8. The molecule has 1 unspecified atom stereocenters. The second-order valence-corrected chi connectivity index (χ2v) is 5.52. The Morgan fingerprint density at radius 3 is 2.41 bits per heavy atom. The molecule has 3 rings (SSSR count). The van der Waals surface area contributed by atoms with Crippen LogP contribution in [0.1, 0.15) is 30.4 Å². The predicted octanol–water partition coefficient (Wildman–Crippen LogP) is 2.93. The summed E-state index contributed by atoms with van der Waals surface area (Å²) in [5.74, 6) is 1.39. The molecule has 1 heterocycles. The quantitative estimate of drug-likeness (QED) is 0.851. The monoisotopic (exact) mass is 297 g/mol. The lowest BCUT2D eigenvalue weighted by atomic mass is 10.1. The third kappa shape index (κ3) is 2.93. The van der Waals surface area contributed by atoms with Crippen molar-refractivity contribution in [2.45, 2.75) is 25.8 Å². The van der Waals surface area contributed by atoms with E-state index in [0.29, 0.717) is 5.92 Å². The van der Waals surface area contributed by atoms with Crippen molar-refractivity contribution in [2.24, 2.45) is 5.92 Å². The van der Waals surface area contributed by atoms with E-state index in [-0.39, 0.29) is 17.8 Å². The lowest BCUT2D eigenvalue weighted by Gasteiger charge is -2.29. The van der Waals surface area contributed by atoms with Crippen LogP contribution in [0.3, 0.4) is 0 Å². The Kier molecular flexibility index (Phi) is 4.04. The third-order valence-corrected chi connectivity index (χ3v) is 4.04. The van der Waals surface area contributed by atoms with E-state index in [1.165, 1.54) is 0 Å². The van der Waals surface area contributed by atoms with E-state index in [4.69, 9.17) is 4.74 Å². The smallest absolute Gasteiger partial charge is 0.296 e. The Morgan fingerprint density at radius 1 is 1.23 bits per heavy atom. The van der Waals surface area contributed by atoms with Crippen LogP contribution in [0.25, 0.3) is 0 Å². The van der Waals surface area contributed by atoms with Gasteiger partial charge in [0.15, 0.2) is 0 Å². The molecule has 2 aromatic rings. The molecule has 0 spiro atoms. The molecular formula is C17H19N3O2. The summed E-state index contributed by atoms with van der Waals surface area (Å²) in [6.45, 7) is 2.09. The van der Waals surface area contributed by atoms with Crippen molar-refractivity contribution in [3.8, 4) is 5.75 Å². The predicted molar refractivity (Wildman–Crippen MR) is 84.0 cm³/mol. The molecule has 5 heteroatoms. The number of carbonyl (C=O) groups excluding carboxylic acids is 1. The van der Waals surface area contributed by atoms with Crippen LogP contribution in [-0.4, -0.2) is 29.0 Å². The fraction of sp³-hybridized carbons (Fsp3) is 0.353. The molecule has 1 aromatic heterocycles. The van der Waals surface area contributed by atoms with Crippen LogP contribution in [-0.2, 0) is 0 Å². The fourth-order valence-electron chi connectivity index (χ4n) is 2.59. The summed E-state index contributed by atoms with van der Waals surface area (Å²) in [5, 5.41) is 0. The van der Waals surface area contributed by atoms with Crippen LogP contribution in [0.5, 0.6) is 5.75 Å². The van der Waals surface area contributed by atoms with Gasteiger partial charge in [-0.05, 0) is 56.0 Å². The average molecular weight is 297 g/mol. The van der Waals surface area contributed by atoms with Gasteiger partial charge in [-0.1, -0.05) is 0 Å². The largest absolute Gasteiger partial charge is 0.497 e. The zero-order chi connectivity index (χ0) is 15.5. The van der Waals surface area contributed by atoms with Gasteiger partial charge in [0, 0.05) is 24.1 Å². The Morgan fingerprint density at radius 2 is 1.86 bits per heavy atom. The number of hydrogen-bond donors (Lipinski definition) is 0. The van der Waals surface area contributed by atoms with E-state index < -0.39 is 0 Å². The highest BCUT2D eigenvalue weighted by Crippen LogP contribution is 2.37. The molecule has 0 bridgehead atoms. The van der Waals surface area contributed by atoms with Crippen LogP contribution in [0.15, 0.2) is 42.7 Å². The van der Waals surface area contributed by atoms with Gasteiger partial charge >= 0.3 is 0 Å². The van der Waals surface area contributed by atoms with Crippen molar-refractivity contribution >= 4 is 11.6 Å². The summed E-state index contributed by atoms with van der Waals surface area (Å²) >= 11 is 0. The highest BCUT2D eigenvalue weighted by Gasteiger charge is 2.36. The normalized spacial score (nSPS) is 15.2. The maximum atomic E-state index is 12.8.